The molecule has 0 saturated carbocycles. The molecule has 4 nitrogen and oxygen atoms in total. The first-order valence-corrected chi connectivity index (χ1v) is 2.89. The summed E-state index contributed by atoms with van der Waals surface area (Å²) in [5.74, 6) is -1.54. The van der Waals surface area contributed by atoms with E-state index in [2.05, 4.69) is 17.8 Å². The molecule has 1 aromatic heterocycles. The first-order chi connectivity index (χ1) is 4.72. The monoisotopic (exact) mass is 156 g/mol. The lowest BCUT2D eigenvalue weighted by Crippen LogP contribution is -2.38. The topological polar surface area (TPSA) is 56.9 Å². The molecule has 0 saturated heterocycles. The fraction of sp³-hybridized carbons (Fsp3) is 0. The summed E-state index contributed by atoms with van der Waals surface area (Å²) < 4.78 is 1.08. The average Bonchev–Trinajstić information content (AvgIpc) is 1.88. The second-order valence-corrected chi connectivity index (χ2v) is 2.01. The maximum atomic E-state index is 10.2. The summed E-state index contributed by atoms with van der Waals surface area (Å²) in [5.41, 5.74) is 0. The van der Waals surface area contributed by atoms with Crippen LogP contribution in [-0.4, -0.2) is 11.0 Å². The highest BCUT2D eigenvalue weighted by Crippen LogP contribution is 1.82. The van der Waals surface area contributed by atoms with Crippen molar-refractivity contribution >= 4 is 18.8 Å². The van der Waals surface area contributed by atoms with Gasteiger partial charge in [-0.05, 0) is 4.98 Å². The van der Waals surface area contributed by atoms with E-state index in [1.807, 2.05) is 0 Å². The summed E-state index contributed by atoms with van der Waals surface area (Å²) >= 11 is 3.77. The zero-order valence-electron chi connectivity index (χ0n) is 4.89. The summed E-state index contributed by atoms with van der Waals surface area (Å²) in [6.45, 7) is 0. The molecule has 52 valence electrons. The molecule has 0 aliphatic rings. The van der Waals surface area contributed by atoms with Gasteiger partial charge in [0.15, 0.2) is 5.97 Å². The Labute approximate surface area is 62.7 Å². The van der Waals surface area contributed by atoms with E-state index in [-0.39, 0.29) is 5.82 Å². The number of hydrogen-bond acceptors (Lipinski definition) is 4. The molecule has 0 radical (unpaired) electrons. The maximum absolute atomic E-state index is 10.2. The summed E-state index contributed by atoms with van der Waals surface area (Å²) in [7, 11) is 0. The van der Waals surface area contributed by atoms with Crippen LogP contribution in [0.2, 0.25) is 0 Å². The van der Waals surface area contributed by atoms with E-state index in [0.717, 1.165) is 3.97 Å². The van der Waals surface area contributed by atoms with Gasteiger partial charge in [0.25, 0.3) is 0 Å². The molecule has 0 fully saturated rings. The first kappa shape index (κ1) is 7.01. The van der Waals surface area contributed by atoms with Crippen molar-refractivity contribution in [1.82, 2.24) is 4.98 Å². The summed E-state index contributed by atoms with van der Waals surface area (Å²) in [6.07, 6.45) is 2.82. The van der Waals surface area contributed by atoms with Crippen LogP contribution in [-0.2, 0) is 0 Å². The SMILES string of the molecule is O=C([O-])c1nccc[n+]1S. The summed E-state index contributed by atoms with van der Waals surface area (Å²) in [5, 5.41) is 10.2. The molecule has 0 spiro atoms. The van der Waals surface area contributed by atoms with Crippen molar-refractivity contribution < 1.29 is 13.9 Å². The van der Waals surface area contributed by atoms with Gasteiger partial charge in [0.2, 0.25) is 0 Å². The van der Waals surface area contributed by atoms with Crippen LogP contribution < -0.4 is 9.08 Å². The molecule has 1 heterocycles. The second-order valence-electron chi connectivity index (χ2n) is 1.58. The zero-order chi connectivity index (χ0) is 7.56. The second kappa shape index (κ2) is 2.66. The lowest BCUT2D eigenvalue weighted by molar-refractivity contribution is -0.503. The molecule has 1 rings (SSSR count). The zero-order valence-corrected chi connectivity index (χ0v) is 5.78. The van der Waals surface area contributed by atoms with Crippen LogP contribution in [0, 0.1) is 0 Å². The lowest BCUT2D eigenvalue weighted by atomic mass is 10.6. The Kier molecular flexibility index (Phi) is 1.86. The van der Waals surface area contributed by atoms with E-state index >= 15 is 0 Å². The minimum Gasteiger partial charge on any atom is -0.538 e. The number of rotatable bonds is 1. The maximum Gasteiger partial charge on any atom is 0.357 e. The number of carboxylic acids is 1. The van der Waals surface area contributed by atoms with E-state index < -0.39 is 5.97 Å². The fourth-order valence-electron chi connectivity index (χ4n) is 0.510. The third-order valence-corrected chi connectivity index (χ3v) is 1.23. The Balaban J connectivity index is 3.15. The number of aromatic carboxylic acids is 1. The molecule has 10 heavy (non-hydrogen) atoms. The van der Waals surface area contributed by atoms with Crippen LogP contribution in [0.25, 0.3) is 0 Å². The molecule has 0 N–H and O–H groups in total. The standard InChI is InChI=1S/C5H4N2O2S/c8-5(9)4-6-2-1-3-7(4)10/h1-3H,(H-,8,9,10). The molecule has 0 unspecified atom stereocenters. The van der Waals surface area contributed by atoms with E-state index in [0.29, 0.717) is 0 Å². The first-order valence-electron chi connectivity index (χ1n) is 2.49. The molecule has 0 amide bonds. The van der Waals surface area contributed by atoms with Gasteiger partial charge in [0, 0.05) is 18.9 Å². The Morgan fingerprint density at radius 1 is 1.80 bits per heavy atom. The van der Waals surface area contributed by atoms with Crippen LogP contribution in [0.1, 0.15) is 10.6 Å². The number of aromatic nitrogens is 2. The third-order valence-electron chi connectivity index (χ3n) is 0.910. The molecule has 5 heteroatoms. The van der Waals surface area contributed by atoms with E-state index in [4.69, 9.17) is 0 Å². The largest absolute Gasteiger partial charge is 0.538 e. The highest BCUT2D eigenvalue weighted by molar-refractivity contribution is 7.73. The van der Waals surface area contributed by atoms with Gasteiger partial charge in [-0.15, -0.1) is 0 Å². The predicted octanol–water partition coefficient (Wildman–Crippen LogP) is -1.57. The van der Waals surface area contributed by atoms with Crippen molar-refractivity contribution in [1.29, 1.82) is 0 Å². The predicted molar refractivity (Wildman–Crippen MR) is 33.1 cm³/mol. The van der Waals surface area contributed by atoms with Gasteiger partial charge < -0.3 is 9.90 Å². The normalized spacial score (nSPS) is 9.30. The van der Waals surface area contributed by atoms with Gasteiger partial charge in [0.05, 0.1) is 0 Å². The molecule has 0 bridgehead atoms. The van der Waals surface area contributed by atoms with E-state index in [9.17, 15) is 9.90 Å². The quantitative estimate of drug-likeness (QED) is 0.394. The molecule has 1 aromatic rings. The van der Waals surface area contributed by atoms with Crippen molar-refractivity contribution in [3.8, 4) is 0 Å². The van der Waals surface area contributed by atoms with Crippen molar-refractivity contribution in [2.24, 2.45) is 0 Å². The van der Waals surface area contributed by atoms with E-state index in [1.54, 1.807) is 6.07 Å². The van der Waals surface area contributed by atoms with Crippen LogP contribution in [0.15, 0.2) is 18.5 Å². The van der Waals surface area contributed by atoms with Crippen LogP contribution >= 0.6 is 12.8 Å². The van der Waals surface area contributed by atoms with Crippen molar-refractivity contribution in [3.05, 3.63) is 24.3 Å². The van der Waals surface area contributed by atoms with Gasteiger partial charge in [0.1, 0.15) is 12.4 Å². The fourth-order valence-corrected chi connectivity index (χ4v) is 0.720. The Hall–Kier alpha value is -1.10. The van der Waals surface area contributed by atoms with Crippen LogP contribution in [0.3, 0.4) is 0 Å². The van der Waals surface area contributed by atoms with Crippen LogP contribution in [0.5, 0.6) is 0 Å². The number of carboxylic acid groups (broad SMARTS) is 1. The number of thiol groups is 1. The third kappa shape index (κ3) is 1.24. The summed E-state index contributed by atoms with van der Waals surface area (Å²) in [6, 6.07) is 1.57. The molecular formula is C5H4N2O2S. The van der Waals surface area contributed by atoms with E-state index in [1.165, 1.54) is 12.4 Å². The highest BCUT2D eigenvalue weighted by Gasteiger charge is 2.07. The van der Waals surface area contributed by atoms with Gasteiger partial charge in [-0.2, -0.15) is 3.97 Å². The smallest absolute Gasteiger partial charge is 0.357 e. The Morgan fingerprint density at radius 3 is 2.90 bits per heavy atom. The van der Waals surface area contributed by atoms with Crippen LogP contribution in [0.4, 0.5) is 0 Å². The number of hydrogen-bond donors (Lipinski definition) is 1. The average molecular weight is 156 g/mol. The number of carbonyl (C=O) groups is 1. The number of nitrogens with zero attached hydrogens (tertiary/aromatic N) is 2. The van der Waals surface area contributed by atoms with Gasteiger partial charge in [-0.3, -0.25) is 0 Å². The molecule has 0 atom stereocenters. The summed E-state index contributed by atoms with van der Waals surface area (Å²) in [4.78, 5) is 13.7. The minimum absolute atomic E-state index is 0.203. The van der Waals surface area contributed by atoms with Crippen molar-refractivity contribution in [2.75, 3.05) is 0 Å². The highest BCUT2D eigenvalue weighted by atomic mass is 32.1. The molecule has 0 aromatic carbocycles. The Morgan fingerprint density at radius 2 is 2.50 bits per heavy atom. The lowest BCUT2D eigenvalue weighted by Gasteiger charge is -1.93. The molecule has 0 aliphatic heterocycles. The van der Waals surface area contributed by atoms with Crippen molar-refractivity contribution in [2.45, 2.75) is 0 Å². The van der Waals surface area contributed by atoms with Gasteiger partial charge in [-0.1, -0.05) is 0 Å². The molecule has 0 aliphatic carbocycles. The molecular weight excluding hydrogens is 152 g/mol. The number of carbonyl (C=O) groups excluding carboxylic acids is 1. The van der Waals surface area contributed by atoms with Gasteiger partial charge in [-0.25, -0.2) is 0 Å². The Bertz CT molecular complexity index is 264. The minimum atomic E-state index is -1.34. The van der Waals surface area contributed by atoms with Crippen molar-refractivity contribution in [3.63, 3.8) is 0 Å². The van der Waals surface area contributed by atoms with Gasteiger partial charge >= 0.3 is 5.82 Å².